The maximum atomic E-state index is 14.1. The van der Waals surface area contributed by atoms with Gasteiger partial charge in [0.15, 0.2) is 27.0 Å². The molecule has 6 unspecified atom stereocenters. The highest BCUT2D eigenvalue weighted by atomic mass is 79.9. The summed E-state index contributed by atoms with van der Waals surface area (Å²) in [5, 5.41) is 10.0. The number of likely N-dealkylation sites (tertiary alicyclic amines) is 1. The number of imide groups is 2. The maximum absolute atomic E-state index is 14.1. The van der Waals surface area contributed by atoms with E-state index in [9.17, 15) is 29.1 Å². The van der Waals surface area contributed by atoms with Crippen molar-refractivity contribution < 1.29 is 33.8 Å². The van der Waals surface area contributed by atoms with Gasteiger partial charge in [0.05, 0.1) is 30.1 Å². The molecule has 2 saturated heterocycles. The lowest BCUT2D eigenvalue weighted by Gasteiger charge is -2.49. The summed E-state index contributed by atoms with van der Waals surface area (Å²) in [6, 6.07) is 11.0. The van der Waals surface area contributed by atoms with Crippen molar-refractivity contribution >= 4 is 80.3 Å². The van der Waals surface area contributed by atoms with Crippen LogP contribution in [-0.4, -0.2) is 61.7 Å². The zero-order valence-electron chi connectivity index (χ0n) is 23.6. The second-order valence-electron chi connectivity index (χ2n) is 11.4. The molecule has 0 aromatic heterocycles. The Balaban J connectivity index is 1.44. The lowest BCUT2D eigenvalue weighted by Crippen LogP contribution is -2.60. The highest BCUT2D eigenvalue weighted by Gasteiger charge is 2.75. The number of amides is 4. The van der Waals surface area contributed by atoms with Crippen molar-refractivity contribution in [3.05, 3.63) is 71.3 Å². The second-order valence-corrected chi connectivity index (χ2v) is 13.2. The number of ether oxygens (including phenoxy) is 1. The predicted molar refractivity (Wildman–Crippen MR) is 167 cm³/mol. The molecule has 4 aliphatic rings. The highest BCUT2D eigenvalue weighted by Crippen LogP contribution is 2.63. The molecule has 12 heteroatoms. The third-order valence-electron chi connectivity index (χ3n) is 9.29. The molecule has 3 fully saturated rings. The fraction of sp³-hybridized carbons (Fsp3) is 0.344. The zero-order chi connectivity index (χ0) is 31.7. The number of nitrogens with zero attached hydrogens (tertiary/aromatic N) is 2. The number of benzene rings is 2. The van der Waals surface area contributed by atoms with Gasteiger partial charge in [-0.05, 0) is 67.6 Å². The summed E-state index contributed by atoms with van der Waals surface area (Å²) in [5.41, 5.74) is 1.96. The van der Waals surface area contributed by atoms with Crippen LogP contribution in [-0.2, 0) is 19.2 Å². The van der Waals surface area contributed by atoms with Crippen molar-refractivity contribution in [2.24, 2.45) is 23.7 Å². The lowest BCUT2D eigenvalue weighted by atomic mass is 9.57. The van der Waals surface area contributed by atoms with Crippen LogP contribution in [0.15, 0.2) is 60.2 Å². The van der Waals surface area contributed by atoms with Crippen LogP contribution in [0.2, 0.25) is 0 Å². The molecule has 2 aliphatic heterocycles. The molecule has 228 valence electrons. The lowest BCUT2D eigenvalue weighted by molar-refractivity contribution is -0.138. The quantitative estimate of drug-likeness (QED) is 0.147. The number of alkyl halides is 3. The first-order valence-electron chi connectivity index (χ1n) is 13.9. The Morgan fingerprint density at radius 1 is 1.07 bits per heavy atom. The van der Waals surface area contributed by atoms with Crippen molar-refractivity contribution in [2.45, 2.75) is 29.5 Å². The summed E-state index contributed by atoms with van der Waals surface area (Å²) in [5.74, 6) is -5.20. The molecule has 0 radical (unpaired) electrons. The van der Waals surface area contributed by atoms with Gasteiger partial charge >= 0.3 is 0 Å². The van der Waals surface area contributed by atoms with Gasteiger partial charge in [-0.3, -0.25) is 33.8 Å². The molecule has 2 aromatic carbocycles. The third-order valence-corrected chi connectivity index (χ3v) is 11.2. The summed E-state index contributed by atoms with van der Waals surface area (Å²) in [6.45, 7) is 1.43. The molecule has 1 N–H and O–H groups in total. The number of fused-ring (bicyclic) bond motifs is 4. The van der Waals surface area contributed by atoms with Gasteiger partial charge in [-0.15, -0.1) is 23.2 Å². The Morgan fingerprint density at radius 2 is 1.77 bits per heavy atom. The van der Waals surface area contributed by atoms with Gasteiger partial charge in [-0.2, -0.15) is 0 Å². The number of hydrogen-bond acceptors (Lipinski definition) is 7. The SMILES string of the molecule is COc1cc(C=CC2C3=CCC4C(=O)N(c5ccc(C(C)=O)cc5)C(=O)C4C3CC3(Cl)C(=O)N(CBr)C(=O)C23Cl)ccc1O. The molecular formula is C32H27BrCl2N2O7. The summed E-state index contributed by atoms with van der Waals surface area (Å²) < 4.78 is 5.22. The number of aromatic hydroxyl groups is 1. The fourth-order valence-corrected chi connectivity index (χ4v) is 8.49. The number of phenolic OH excluding ortho intramolecular Hbond substituents is 1. The van der Waals surface area contributed by atoms with Gasteiger partial charge in [0.25, 0.3) is 11.8 Å². The number of ketones is 1. The minimum absolute atomic E-state index is 0.0496. The summed E-state index contributed by atoms with van der Waals surface area (Å²) >= 11 is 17.6. The summed E-state index contributed by atoms with van der Waals surface area (Å²) in [7, 11) is 1.42. The van der Waals surface area contributed by atoms with Crippen molar-refractivity contribution in [2.75, 3.05) is 17.5 Å². The van der Waals surface area contributed by atoms with E-state index in [1.54, 1.807) is 48.6 Å². The van der Waals surface area contributed by atoms with Gasteiger partial charge in [-0.1, -0.05) is 45.8 Å². The number of phenols is 1. The molecule has 2 heterocycles. The van der Waals surface area contributed by atoms with Crippen molar-refractivity contribution in [3.8, 4) is 11.5 Å². The number of allylic oxidation sites excluding steroid dienone is 3. The molecule has 2 aliphatic carbocycles. The third kappa shape index (κ3) is 4.21. The average molecular weight is 702 g/mol. The Bertz CT molecular complexity index is 1690. The van der Waals surface area contributed by atoms with Crippen LogP contribution in [0.3, 0.4) is 0 Å². The van der Waals surface area contributed by atoms with E-state index in [4.69, 9.17) is 27.9 Å². The van der Waals surface area contributed by atoms with E-state index in [1.807, 2.05) is 6.08 Å². The molecule has 4 amide bonds. The van der Waals surface area contributed by atoms with Crippen LogP contribution < -0.4 is 9.64 Å². The molecule has 44 heavy (non-hydrogen) atoms. The fourth-order valence-electron chi connectivity index (χ4n) is 7.11. The van der Waals surface area contributed by atoms with E-state index in [2.05, 4.69) is 15.9 Å². The Labute approximate surface area is 271 Å². The van der Waals surface area contributed by atoms with E-state index in [1.165, 1.54) is 20.1 Å². The number of anilines is 1. The van der Waals surface area contributed by atoms with Gasteiger partial charge in [-0.25, -0.2) is 0 Å². The first-order valence-corrected chi connectivity index (χ1v) is 15.8. The zero-order valence-corrected chi connectivity index (χ0v) is 26.7. The van der Waals surface area contributed by atoms with E-state index < -0.39 is 51.1 Å². The number of rotatable bonds is 6. The Kier molecular flexibility index (Phi) is 7.54. The topological polar surface area (TPSA) is 121 Å². The average Bonchev–Trinajstić information content (AvgIpc) is 3.34. The molecule has 9 nitrogen and oxygen atoms in total. The van der Waals surface area contributed by atoms with E-state index in [0.29, 0.717) is 22.4 Å². The molecule has 6 rings (SSSR count). The summed E-state index contributed by atoms with van der Waals surface area (Å²) in [4.78, 5) is 65.3. The standard InChI is InChI=1S/C32H27BrCl2N2O7/c1-16(38)18-5-7-19(8-6-18)37-27(40)21-10-9-20-22(26(21)28(37)41)14-31(34)29(42)36(15-33)30(43)32(31,35)23(20)11-3-17-4-12-24(39)25(13-17)44-2/h3-9,11-13,21-23,26,39H,10,14-15H2,1-2H3. The maximum Gasteiger partial charge on any atom is 0.254 e. The van der Waals surface area contributed by atoms with Crippen LogP contribution >= 0.6 is 39.1 Å². The van der Waals surface area contributed by atoms with Crippen LogP contribution in [0.5, 0.6) is 11.5 Å². The summed E-state index contributed by atoms with van der Waals surface area (Å²) in [6.07, 6.45) is 5.35. The van der Waals surface area contributed by atoms with Crippen molar-refractivity contribution in [1.82, 2.24) is 4.90 Å². The van der Waals surface area contributed by atoms with Crippen LogP contribution in [0.1, 0.15) is 35.7 Å². The minimum atomic E-state index is -1.90. The van der Waals surface area contributed by atoms with E-state index in [-0.39, 0.29) is 41.5 Å². The number of carbonyl (C=O) groups excluding carboxylic acids is 5. The molecule has 6 atom stereocenters. The van der Waals surface area contributed by atoms with Gasteiger partial charge < -0.3 is 9.84 Å². The number of Topliss-reactive ketones (excluding diaryl/α,β-unsaturated/α-hetero) is 1. The molecule has 0 bridgehead atoms. The molecular weight excluding hydrogens is 675 g/mol. The predicted octanol–water partition coefficient (Wildman–Crippen LogP) is 5.07. The van der Waals surface area contributed by atoms with Crippen molar-refractivity contribution in [1.29, 1.82) is 0 Å². The smallest absolute Gasteiger partial charge is 0.254 e. The Hall–Kier alpha value is -3.47. The first-order chi connectivity index (χ1) is 20.9. The number of hydrogen-bond donors (Lipinski definition) is 1. The first kappa shape index (κ1) is 30.6. The molecule has 1 saturated carbocycles. The Morgan fingerprint density at radius 3 is 2.41 bits per heavy atom. The number of methoxy groups -OCH3 is 1. The van der Waals surface area contributed by atoms with Gasteiger partial charge in [0.2, 0.25) is 11.8 Å². The molecule has 0 spiro atoms. The van der Waals surface area contributed by atoms with E-state index >= 15 is 0 Å². The van der Waals surface area contributed by atoms with Crippen molar-refractivity contribution in [3.63, 3.8) is 0 Å². The van der Waals surface area contributed by atoms with Crippen LogP contribution in [0.25, 0.3) is 6.08 Å². The number of carbonyl (C=O) groups is 5. The van der Waals surface area contributed by atoms with Crippen LogP contribution in [0, 0.1) is 23.7 Å². The van der Waals surface area contributed by atoms with Gasteiger partial charge in [0.1, 0.15) is 0 Å². The normalized spacial score (nSPS) is 31.2. The minimum Gasteiger partial charge on any atom is -0.504 e. The van der Waals surface area contributed by atoms with Gasteiger partial charge in [0, 0.05) is 11.5 Å². The second kappa shape index (κ2) is 10.9. The largest absolute Gasteiger partial charge is 0.504 e. The molecule has 2 aromatic rings. The number of halogens is 3. The monoisotopic (exact) mass is 700 g/mol. The van der Waals surface area contributed by atoms with E-state index in [0.717, 1.165) is 9.80 Å². The highest BCUT2D eigenvalue weighted by molar-refractivity contribution is 9.09. The van der Waals surface area contributed by atoms with Crippen LogP contribution in [0.4, 0.5) is 5.69 Å².